The lowest BCUT2D eigenvalue weighted by Gasteiger charge is -2.10. The molecule has 2 aromatic carbocycles. The Morgan fingerprint density at radius 2 is 1.65 bits per heavy atom. The Kier molecular flexibility index (Phi) is 6.06. The molecule has 0 saturated heterocycles. The second-order valence-corrected chi connectivity index (χ2v) is 8.77. The van der Waals surface area contributed by atoms with Gasteiger partial charge in [0, 0.05) is 30.7 Å². The minimum Gasteiger partial charge on any atom is -0.457 e. The van der Waals surface area contributed by atoms with Crippen LogP contribution in [0.2, 0.25) is 0 Å². The van der Waals surface area contributed by atoms with E-state index in [0.717, 1.165) is 22.4 Å². The summed E-state index contributed by atoms with van der Waals surface area (Å²) in [6, 6.07) is 21.4. The van der Waals surface area contributed by atoms with Crippen molar-refractivity contribution in [3.05, 3.63) is 103 Å². The first-order chi connectivity index (χ1) is 15.0. The summed E-state index contributed by atoms with van der Waals surface area (Å²) in [4.78, 5) is 8.52. The molecule has 0 spiro atoms. The summed E-state index contributed by atoms with van der Waals surface area (Å²) in [5.74, 6) is 1.28. The average molecular weight is 432 g/mol. The van der Waals surface area contributed by atoms with Crippen molar-refractivity contribution in [3.8, 4) is 22.8 Å². The van der Waals surface area contributed by atoms with Crippen molar-refractivity contribution in [2.75, 3.05) is 0 Å². The summed E-state index contributed by atoms with van der Waals surface area (Å²) >= 11 is 0. The molecular weight excluding hydrogens is 410 g/mol. The Morgan fingerprint density at radius 3 is 2.39 bits per heavy atom. The number of hydrogen-bond acceptors (Lipinski definition) is 5. The molecule has 0 aliphatic carbocycles. The van der Waals surface area contributed by atoms with E-state index in [1.807, 2.05) is 49.4 Å². The molecular formula is C24H21N3O3S. The van der Waals surface area contributed by atoms with Gasteiger partial charge in [-0.05, 0) is 78.7 Å². The van der Waals surface area contributed by atoms with Crippen LogP contribution in [-0.2, 0) is 16.6 Å². The Balaban J connectivity index is 1.43. The van der Waals surface area contributed by atoms with Crippen LogP contribution in [0, 0.1) is 6.92 Å². The Bertz CT molecular complexity index is 1270. The molecule has 7 heteroatoms. The van der Waals surface area contributed by atoms with Crippen LogP contribution < -0.4 is 9.46 Å². The summed E-state index contributed by atoms with van der Waals surface area (Å²) < 4.78 is 33.8. The fraction of sp³-hybridized carbons (Fsp3) is 0.0833. The molecule has 0 aliphatic rings. The number of hydrogen-bond donors (Lipinski definition) is 1. The lowest BCUT2D eigenvalue weighted by atomic mass is 10.1. The fourth-order valence-electron chi connectivity index (χ4n) is 3.03. The van der Waals surface area contributed by atoms with Crippen molar-refractivity contribution < 1.29 is 13.2 Å². The van der Waals surface area contributed by atoms with Gasteiger partial charge < -0.3 is 4.74 Å². The van der Waals surface area contributed by atoms with Gasteiger partial charge in [-0.1, -0.05) is 12.1 Å². The second kappa shape index (κ2) is 9.07. The van der Waals surface area contributed by atoms with Crippen molar-refractivity contribution >= 4 is 10.0 Å². The van der Waals surface area contributed by atoms with E-state index >= 15 is 0 Å². The zero-order valence-electron chi connectivity index (χ0n) is 16.9. The van der Waals surface area contributed by atoms with Gasteiger partial charge in [-0.25, -0.2) is 13.1 Å². The van der Waals surface area contributed by atoms with Crippen molar-refractivity contribution in [2.24, 2.45) is 0 Å². The minimum atomic E-state index is -3.67. The summed E-state index contributed by atoms with van der Waals surface area (Å²) in [6.07, 6.45) is 5.05. The van der Waals surface area contributed by atoms with Gasteiger partial charge in [0.15, 0.2) is 0 Å². The van der Waals surface area contributed by atoms with Crippen LogP contribution in [0.25, 0.3) is 11.3 Å². The van der Waals surface area contributed by atoms with Crippen LogP contribution in [0.5, 0.6) is 11.5 Å². The zero-order chi connectivity index (χ0) is 21.7. The molecule has 0 unspecified atom stereocenters. The van der Waals surface area contributed by atoms with Crippen molar-refractivity contribution in [1.82, 2.24) is 14.7 Å². The third-order valence-electron chi connectivity index (χ3n) is 4.63. The number of ether oxygens (including phenoxy) is 1. The molecule has 31 heavy (non-hydrogen) atoms. The van der Waals surface area contributed by atoms with Gasteiger partial charge in [0.1, 0.15) is 11.5 Å². The van der Waals surface area contributed by atoms with Crippen molar-refractivity contribution in [1.29, 1.82) is 0 Å². The monoisotopic (exact) mass is 431 g/mol. The quantitative estimate of drug-likeness (QED) is 0.458. The molecule has 0 fully saturated rings. The smallest absolute Gasteiger partial charge is 0.240 e. The predicted octanol–water partition coefficient (Wildman–Crippen LogP) is 4.72. The molecule has 6 nitrogen and oxygen atoms in total. The van der Waals surface area contributed by atoms with E-state index in [1.165, 1.54) is 12.1 Å². The number of pyridine rings is 2. The molecule has 0 saturated carbocycles. The van der Waals surface area contributed by atoms with Gasteiger partial charge in [-0.15, -0.1) is 0 Å². The molecule has 0 amide bonds. The number of rotatable bonds is 7. The van der Waals surface area contributed by atoms with E-state index in [1.54, 1.807) is 36.8 Å². The number of aryl methyl sites for hydroxylation is 1. The molecule has 4 aromatic rings. The maximum Gasteiger partial charge on any atom is 0.240 e. The standard InChI is InChI=1S/C24H21N3O3S/c1-18-3-2-4-22(15-18)30-21-5-7-23(8-6-21)31(28,29)27-17-19-9-14-26-24(16-19)20-10-12-25-13-11-20/h2-16,27H,17H2,1H3. The molecule has 156 valence electrons. The Morgan fingerprint density at radius 1 is 0.871 bits per heavy atom. The topological polar surface area (TPSA) is 81.2 Å². The first-order valence-electron chi connectivity index (χ1n) is 9.69. The van der Waals surface area contributed by atoms with E-state index in [4.69, 9.17) is 4.74 Å². The minimum absolute atomic E-state index is 0.157. The van der Waals surface area contributed by atoms with E-state index in [0.29, 0.717) is 11.5 Å². The van der Waals surface area contributed by atoms with Crippen LogP contribution in [0.3, 0.4) is 0 Å². The number of nitrogens with zero attached hydrogens (tertiary/aromatic N) is 2. The van der Waals surface area contributed by atoms with Gasteiger partial charge in [-0.2, -0.15) is 0 Å². The molecule has 0 radical (unpaired) electrons. The third kappa shape index (κ3) is 5.33. The van der Waals surface area contributed by atoms with E-state index in [-0.39, 0.29) is 11.4 Å². The van der Waals surface area contributed by atoms with E-state index in [9.17, 15) is 8.42 Å². The molecule has 1 N–H and O–H groups in total. The first-order valence-corrected chi connectivity index (χ1v) is 11.2. The van der Waals surface area contributed by atoms with Crippen LogP contribution in [0.15, 0.2) is 96.3 Å². The summed E-state index contributed by atoms with van der Waals surface area (Å²) in [5.41, 5.74) is 3.58. The first kappa shape index (κ1) is 20.7. The highest BCUT2D eigenvalue weighted by Crippen LogP contribution is 2.24. The van der Waals surface area contributed by atoms with Crippen molar-refractivity contribution in [3.63, 3.8) is 0 Å². The normalized spacial score (nSPS) is 11.3. The van der Waals surface area contributed by atoms with Crippen LogP contribution in [0.4, 0.5) is 0 Å². The van der Waals surface area contributed by atoms with Gasteiger partial charge in [0.25, 0.3) is 0 Å². The lowest BCUT2D eigenvalue weighted by Crippen LogP contribution is -2.23. The summed E-state index contributed by atoms with van der Waals surface area (Å²) in [6.45, 7) is 2.14. The summed E-state index contributed by atoms with van der Waals surface area (Å²) in [5, 5.41) is 0. The van der Waals surface area contributed by atoms with Gasteiger partial charge in [0.05, 0.1) is 10.6 Å². The van der Waals surface area contributed by atoms with Gasteiger partial charge in [0.2, 0.25) is 10.0 Å². The highest BCUT2D eigenvalue weighted by atomic mass is 32.2. The Hall–Kier alpha value is -3.55. The molecule has 2 aromatic heterocycles. The zero-order valence-corrected chi connectivity index (χ0v) is 17.7. The number of aromatic nitrogens is 2. The molecule has 0 aliphatic heterocycles. The molecule has 4 rings (SSSR count). The van der Waals surface area contributed by atoms with E-state index < -0.39 is 10.0 Å². The molecule has 2 heterocycles. The van der Waals surface area contributed by atoms with Crippen LogP contribution in [0.1, 0.15) is 11.1 Å². The van der Waals surface area contributed by atoms with Gasteiger partial charge >= 0.3 is 0 Å². The Labute approximate surface area is 181 Å². The third-order valence-corrected chi connectivity index (χ3v) is 6.04. The average Bonchev–Trinajstić information content (AvgIpc) is 2.79. The SMILES string of the molecule is Cc1cccc(Oc2ccc(S(=O)(=O)NCc3ccnc(-c4ccncc4)c3)cc2)c1. The molecule has 0 bridgehead atoms. The van der Waals surface area contributed by atoms with Crippen molar-refractivity contribution in [2.45, 2.75) is 18.4 Å². The maximum atomic E-state index is 12.7. The van der Waals surface area contributed by atoms with E-state index in [2.05, 4.69) is 14.7 Å². The lowest BCUT2D eigenvalue weighted by molar-refractivity contribution is 0.481. The maximum absolute atomic E-state index is 12.7. The summed E-state index contributed by atoms with van der Waals surface area (Å²) in [7, 11) is -3.67. The van der Waals surface area contributed by atoms with Crippen LogP contribution in [-0.4, -0.2) is 18.4 Å². The highest BCUT2D eigenvalue weighted by Gasteiger charge is 2.14. The highest BCUT2D eigenvalue weighted by molar-refractivity contribution is 7.89. The predicted molar refractivity (Wildman–Crippen MR) is 119 cm³/mol. The number of sulfonamides is 1. The second-order valence-electron chi connectivity index (χ2n) is 7.00. The number of benzene rings is 2. The fourth-order valence-corrected chi connectivity index (χ4v) is 4.05. The molecule has 0 atom stereocenters. The van der Waals surface area contributed by atoms with Crippen LogP contribution >= 0.6 is 0 Å². The largest absolute Gasteiger partial charge is 0.457 e. The number of nitrogens with one attached hydrogen (secondary N) is 1. The van der Waals surface area contributed by atoms with Gasteiger partial charge in [-0.3, -0.25) is 9.97 Å².